The van der Waals surface area contributed by atoms with Gasteiger partial charge in [0.05, 0.1) is 10.7 Å². The zero-order valence-electron chi connectivity index (χ0n) is 23.0. The lowest BCUT2D eigenvalue weighted by Gasteiger charge is -2.42. The highest BCUT2D eigenvalue weighted by molar-refractivity contribution is 6.34. The molecule has 3 N–H and O–H groups in total. The molecular weight excluding hydrogens is 494 g/mol. The Balaban J connectivity index is 2.57. The van der Waals surface area contributed by atoms with Gasteiger partial charge in [0.15, 0.2) is 0 Å². The molecule has 0 saturated carbocycles. The molecule has 0 saturated heterocycles. The summed E-state index contributed by atoms with van der Waals surface area (Å²) in [5.41, 5.74) is 0.654. The van der Waals surface area contributed by atoms with E-state index in [-0.39, 0.29) is 5.75 Å². The maximum absolute atomic E-state index is 13.9. The van der Waals surface area contributed by atoms with Crippen molar-refractivity contribution in [3.8, 4) is 5.75 Å². The van der Waals surface area contributed by atoms with Gasteiger partial charge in [0, 0.05) is 5.54 Å². The van der Waals surface area contributed by atoms with Crippen molar-refractivity contribution >= 4 is 35.2 Å². The number of alkyl carbamates (subject to hydrolysis) is 1. The van der Waals surface area contributed by atoms with E-state index in [0.29, 0.717) is 21.8 Å². The first kappa shape index (κ1) is 30.0. The number of phenols is 1. The number of halogens is 1. The number of phenolic OH excluding ortho intramolecular Hbond substituents is 1. The number of hydrogen-bond acceptors (Lipinski definition) is 5. The predicted octanol–water partition coefficient (Wildman–Crippen LogP) is 5.88. The number of anilines is 1. The fraction of sp³-hybridized carbons (Fsp3) is 0.464. The number of amides is 3. The second kappa shape index (κ2) is 11.4. The molecule has 0 aliphatic carbocycles. The quantitative estimate of drug-likeness (QED) is 0.431. The van der Waals surface area contributed by atoms with Crippen molar-refractivity contribution in [2.24, 2.45) is 0 Å². The molecule has 0 aromatic heterocycles. The Morgan fingerprint density at radius 1 is 1.00 bits per heavy atom. The third-order valence-electron chi connectivity index (χ3n) is 5.58. The van der Waals surface area contributed by atoms with Crippen molar-refractivity contribution in [2.45, 2.75) is 85.5 Å². The Bertz CT molecular complexity index is 1150. The van der Waals surface area contributed by atoms with E-state index in [4.69, 9.17) is 16.3 Å². The minimum Gasteiger partial charge on any atom is -0.508 e. The van der Waals surface area contributed by atoms with Crippen LogP contribution in [0, 0.1) is 13.8 Å². The molecule has 9 heteroatoms. The number of aryl methyl sites for hydroxylation is 2. The second-order valence-corrected chi connectivity index (χ2v) is 11.5. The minimum atomic E-state index is -1.11. The summed E-state index contributed by atoms with van der Waals surface area (Å²) < 4.78 is 5.31. The smallest absolute Gasteiger partial charge is 0.408 e. The van der Waals surface area contributed by atoms with E-state index in [1.54, 1.807) is 79.7 Å². The van der Waals surface area contributed by atoms with Gasteiger partial charge in [-0.3, -0.25) is 9.59 Å². The SMILES string of the molecule is Cc1cc(C(C(=O)Nc2c(C)cccc2Cl)N(C(=O)C(C)NC(=O)OC(C)(C)C)C(C)(C)C)ccc1O. The zero-order chi connectivity index (χ0) is 28.3. The third kappa shape index (κ3) is 7.86. The van der Waals surface area contributed by atoms with Crippen molar-refractivity contribution in [3.63, 3.8) is 0 Å². The van der Waals surface area contributed by atoms with E-state index >= 15 is 0 Å². The highest BCUT2D eigenvalue weighted by Crippen LogP contribution is 2.34. The molecule has 0 aliphatic rings. The molecule has 37 heavy (non-hydrogen) atoms. The van der Waals surface area contributed by atoms with Gasteiger partial charge in [-0.25, -0.2) is 4.79 Å². The number of hydrogen-bond donors (Lipinski definition) is 3. The molecule has 0 spiro atoms. The Morgan fingerprint density at radius 3 is 2.14 bits per heavy atom. The number of carbonyl (C=O) groups excluding carboxylic acids is 3. The molecular formula is C28H38ClN3O5. The van der Waals surface area contributed by atoms with Crippen LogP contribution in [0.3, 0.4) is 0 Å². The summed E-state index contributed by atoms with van der Waals surface area (Å²) in [6.45, 7) is 15.7. The van der Waals surface area contributed by atoms with Gasteiger partial charge in [0.25, 0.3) is 5.91 Å². The third-order valence-corrected chi connectivity index (χ3v) is 5.89. The fourth-order valence-corrected chi connectivity index (χ4v) is 4.12. The number of nitrogens with one attached hydrogen (secondary N) is 2. The van der Waals surface area contributed by atoms with Crippen LogP contribution in [0.2, 0.25) is 5.02 Å². The molecule has 0 heterocycles. The lowest BCUT2D eigenvalue weighted by molar-refractivity contribution is -0.146. The van der Waals surface area contributed by atoms with Gasteiger partial charge in [-0.1, -0.05) is 29.8 Å². The highest BCUT2D eigenvalue weighted by atomic mass is 35.5. The molecule has 8 nitrogen and oxygen atoms in total. The largest absolute Gasteiger partial charge is 0.508 e. The summed E-state index contributed by atoms with van der Waals surface area (Å²) in [5.74, 6) is -0.910. The molecule has 202 valence electrons. The highest BCUT2D eigenvalue weighted by Gasteiger charge is 2.41. The monoisotopic (exact) mass is 531 g/mol. The Morgan fingerprint density at radius 2 is 1.62 bits per heavy atom. The van der Waals surface area contributed by atoms with Gasteiger partial charge in [0.1, 0.15) is 23.4 Å². The molecule has 2 rings (SSSR count). The van der Waals surface area contributed by atoms with Gasteiger partial charge < -0.3 is 25.4 Å². The van der Waals surface area contributed by atoms with Gasteiger partial charge in [-0.2, -0.15) is 0 Å². The first-order chi connectivity index (χ1) is 16.9. The van der Waals surface area contributed by atoms with Crippen LogP contribution in [0.25, 0.3) is 0 Å². The van der Waals surface area contributed by atoms with E-state index in [1.165, 1.54) is 11.0 Å². The Kier molecular flexibility index (Phi) is 9.25. The van der Waals surface area contributed by atoms with Gasteiger partial charge in [-0.05, 0) is 97.2 Å². The lowest BCUT2D eigenvalue weighted by atomic mass is 9.94. The van der Waals surface area contributed by atoms with E-state index in [9.17, 15) is 19.5 Å². The maximum atomic E-state index is 13.9. The van der Waals surface area contributed by atoms with Crippen molar-refractivity contribution < 1.29 is 24.2 Å². The van der Waals surface area contributed by atoms with E-state index in [2.05, 4.69) is 10.6 Å². The molecule has 2 aromatic carbocycles. The number of rotatable bonds is 6. The molecule has 0 radical (unpaired) electrons. The zero-order valence-corrected chi connectivity index (χ0v) is 23.8. The van der Waals surface area contributed by atoms with Crippen molar-refractivity contribution in [3.05, 3.63) is 58.1 Å². The minimum absolute atomic E-state index is 0.0680. The summed E-state index contributed by atoms with van der Waals surface area (Å²) in [5, 5.41) is 15.9. The molecule has 0 bridgehead atoms. The molecule has 2 aromatic rings. The van der Waals surface area contributed by atoms with Gasteiger partial charge in [0.2, 0.25) is 5.91 Å². The molecule has 0 aliphatic heterocycles. The van der Waals surface area contributed by atoms with Crippen LogP contribution in [0.1, 0.15) is 71.2 Å². The predicted molar refractivity (Wildman–Crippen MR) is 146 cm³/mol. The van der Waals surface area contributed by atoms with E-state index in [1.807, 2.05) is 13.0 Å². The molecule has 0 fully saturated rings. The lowest BCUT2D eigenvalue weighted by Crippen LogP contribution is -2.57. The van der Waals surface area contributed by atoms with Crippen molar-refractivity contribution in [1.29, 1.82) is 0 Å². The normalized spacial score (nSPS) is 13.4. The summed E-state index contributed by atoms with van der Waals surface area (Å²) in [6.07, 6.45) is -0.740. The Hall–Kier alpha value is -3.26. The summed E-state index contributed by atoms with van der Waals surface area (Å²) in [4.78, 5) is 41.6. The van der Waals surface area contributed by atoms with Crippen LogP contribution in [0.4, 0.5) is 10.5 Å². The second-order valence-electron chi connectivity index (χ2n) is 11.1. The van der Waals surface area contributed by atoms with Crippen molar-refractivity contribution in [1.82, 2.24) is 10.2 Å². The fourth-order valence-electron chi connectivity index (χ4n) is 3.85. The van der Waals surface area contributed by atoms with Gasteiger partial charge >= 0.3 is 6.09 Å². The van der Waals surface area contributed by atoms with Crippen LogP contribution >= 0.6 is 11.6 Å². The summed E-state index contributed by atoms with van der Waals surface area (Å²) in [6, 6.07) is 7.92. The van der Waals surface area contributed by atoms with E-state index in [0.717, 1.165) is 5.56 Å². The molecule has 2 unspecified atom stereocenters. The first-order valence-corrected chi connectivity index (χ1v) is 12.5. The van der Waals surface area contributed by atoms with Crippen LogP contribution in [-0.4, -0.2) is 45.1 Å². The average molecular weight is 532 g/mol. The van der Waals surface area contributed by atoms with Crippen LogP contribution in [0.15, 0.2) is 36.4 Å². The van der Waals surface area contributed by atoms with Gasteiger partial charge in [-0.15, -0.1) is 0 Å². The number of carbonyl (C=O) groups is 3. The molecule has 2 atom stereocenters. The molecule has 3 amide bonds. The number of nitrogens with zero attached hydrogens (tertiary/aromatic N) is 1. The number of para-hydroxylation sites is 1. The Labute approximate surface area is 224 Å². The average Bonchev–Trinajstić information content (AvgIpc) is 2.73. The van der Waals surface area contributed by atoms with Crippen molar-refractivity contribution in [2.75, 3.05) is 5.32 Å². The van der Waals surface area contributed by atoms with Crippen LogP contribution < -0.4 is 10.6 Å². The number of benzene rings is 2. The van der Waals surface area contributed by atoms with Crippen LogP contribution in [-0.2, 0) is 14.3 Å². The van der Waals surface area contributed by atoms with E-state index < -0.39 is 41.1 Å². The standard InChI is InChI=1S/C28H38ClN3O5/c1-16-11-10-12-20(29)22(16)31-24(34)23(19-13-14-21(33)17(2)15-19)32(27(4,5)6)25(35)18(3)30-26(36)37-28(7,8)9/h10-15,18,23,33H,1-9H3,(H,30,36)(H,31,34). The first-order valence-electron chi connectivity index (χ1n) is 12.1. The topological polar surface area (TPSA) is 108 Å². The number of aromatic hydroxyl groups is 1. The maximum Gasteiger partial charge on any atom is 0.408 e. The summed E-state index contributed by atoms with van der Waals surface area (Å²) in [7, 11) is 0. The van der Waals surface area contributed by atoms with Crippen LogP contribution in [0.5, 0.6) is 5.75 Å². The summed E-state index contributed by atoms with van der Waals surface area (Å²) >= 11 is 6.37. The number of ether oxygens (including phenoxy) is 1.